The summed E-state index contributed by atoms with van der Waals surface area (Å²) in [6.07, 6.45) is 8.35. The molecular formula is C22H19N7O2. The van der Waals surface area contributed by atoms with Crippen LogP contribution in [0.3, 0.4) is 0 Å². The topological polar surface area (TPSA) is 116 Å². The predicted octanol–water partition coefficient (Wildman–Crippen LogP) is 2.72. The van der Waals surface area contributed by atoms with Crippen LogP contribution in [-0.2, 0) is 18.3 Å². The maximum Gasteiger partial charge on any atom is 0.274 e. The first-order valence-corrected chi connectivity index (χ1v) is 9.53. The Labute approximate surface area is 178 Å². The SMILES string of the molecule is CC(=O)Cc1ccc(-c2cccc(C(=O)Nc3cn(C)nc3-c3cnccn3)n2)cn1. The molecule has 4 rings (SSSR count). The quantitative estimate of drug-likeness (QED) is 0.517. The molecule has 4 aromatic heterocycles. The Balaban J connectivity index is 1.56. The Morgan fingerprint density at radius 1 is 1.03 bits per heavy atom. The van der Waals surface area contributed by atoms with E-state index in [1.807, 2.05) is 6.07 Å². The van der Waals surface area contributed by atoms with Crippen molar-refractivity contribution in [3.63, 3.8) is 0 Å². The Morgan fingerprint density at radius 3 is 2.61 bits per heavy atom. The second-order valence-electron chi connectivity index (χ2n) is 6.93. The summed E-state index contributed by atoms with van der Waals surface area (Å²) >= 11 is 0. The lowest BCUT2D eigenvalue weighted by Crippen LogP contribution is -2.14. The minimum atomic E-state index is -0.374. The lowest BCUT2D eigenvalue weighted by atomic mass is 10.1. The number of hydrogen-bond donors (Lipinski definition) is 1. The van der Waals surface area contributed by atoms with Gasteiger partial charge < -0.3 is 5.32 Å². The van der Waals surface area contributed by atoms with Crippen LogP contribution in [0.2, 0.25) is 0 Å². The molecule has 0 unspecified atom stereocenters. The molecule has 0 radical (unpaired) electrons. The van der Waals surface area contributed by atoms with Crippen LogP contribution in [0.4, 0.5) is 5.69 Å². The van der Waals surface area contributed by atoms with Crippen LogP contribution in [0, 0.1) is 0 Å². The van der Waals surface area contributed by atoms with E-state index in [-0.39, 0.29) is 23.8 Å². The summed E-state index contributed by atoms with van der Waals surface area (Å²) in [5.41, 5.74) is 3.88. The number of ketones is 1. The number of anilines is 1. The minimum Gasteiger partial charge on any atom is -0.317 e. The molecule has 1 amide bonds. The van der Waals surface area contributed by atoms with E-state index in [1.54, 1.807) is 67.0 Å². The van der Waals surface area contributed by atoms with Gasteiger partial charge in [0.05, 0.1) is 17.6 Å². The summed E-state index contributed by atoms with van der Waals surface area (Å²) in [5, 5.41) is 7.22. The fourth-order valence-electron chi connectivity index (χ4n) is 3.03. The smallest absolute Gasteiger partial charge is 0.274 e. The zero-order valence-corrected chi connectivity index (χ0v) is 17.0. The molecule has 0 aliphatic rings. The Bertz CT molecular complexity index is 1230. The summed E-state index contributed by atoms with van der Waals surface area (Å²) < 4.78 is 1.59. The van der Waals surface area contributed by atoms with Crippen LogP contribution in [-0.4, -0.2) is 41.4 Å². The number of hydrogen-bond acceptors (Lipinski definition) is 7. The van der Waals surface area contributed by atoms with Gasteiger partial charge in [-0.15, -0.1) is 0 Å². The molecule has 154 valence electrons. The van der Waals surface area contributed by atoms with Crippen LogP contribution in [0.15, 0.2) is 61.3 Å². The van der Waals surface area contributed by atoms with Crippen molar-refractivity contribution in [2.45, 2.75) is 13.3 Å². The van der Waals surface area contributed by atoms with Gasteiger partial charge in [-0.1, -0.05) is 6.07 Å². The number of aryl methyl sites for hydroxylation is 1. The van der Waals surface area contributed by atoms with Crippen LogP contribution < -0.4 is 5.32 Å². The Morgan fingerprint density at radius 2 is 1.90 bits per heavy atom. The van der Waals surface area contributed by atoms with Crippen molar-refractivity contribution in [1.82, 2.24) is 29.7 Å². The van der Waals surface area contributed by atoms with Crippen molar-refractivity contribution in [3.8, 4) is 22.6 Å². The normalized spacial score (nSPS) is 10.6. The average Bonchev–Trinajstić information content (AvgIpc) is 3.14. The first kappa shape index (κ1) is 20.0. The molecule has 9 nitrogen and oxygen atoms in total. The fourth-order valence-corrected chi connectivity index (χ4v) is 3.03. The van der Waals surface area contributed by atoms with E-state index in [0.717, 1.165) is 5.56 Å². The summed E-state index contributed by atoms with van der Waals surface area (Å²) in [6, 6.07) is 8.81. The van der Waals surface area contributed by atoms with Gasteiger partial charge in [0.25, 0.3) is 5.91 Å². The lowest BCUT2D eigenvalue weighted by Gasteiger charge is -2.07. The average molecular weight is 413 g/mol. The zero-order valence-electron chi connectivity index (χ0n) is 17.0. The molecule has 0 bridgehead atoms. The molecule has 1 N–H and O–H groups in total. The van der Waals surface area contributed by atoms with Crippen molar-refractivity contribution in [1.29, 1.82) is 0 Å². The Kier molecular flexibility index (Phi) is 5.57. The van der Waals surface area contributed by atoms with Crippen molar-refractivity contribution in [2.75, 3.05) is 5.32 Å². The number of carbonyl (C=O) groups is 2. The number of rotatable bonds is 6. The lowest BCUT2D eigenvalue weighted by molar-refractivity contribution is -0.116. The number of nitrogens with one attached hydrogen (secondary N) is 1. The molecule has 4 aromatic rings. The van der Waals surface area contributed by atoms with Gasteiger partial charge in [0.2, 0.25) is 0 Å². The molecule has 0 aromatic carbocycles. The van der Waals surface area contributed by atoms with E-state index in [1.165, 1.54) is 6.92 Å². The van der Waals surface area contributed by atoms with Gasteiger partial charge in [-0.05, 0) is 31.2 Å². The zero-order chi connectivity index (χ0) is 21.8. The van der Waals surface area contributed by atoms with Crippen LogP contribution >= 0.6 is 0 Å². The van der Waals surface area contributed by atoms with Crippen molar-refractivity contribution in [2.24, 2.45) is 7.05 Å². The monoisotopic (exact) mass is 413 g/mol. The molecular weight excluding hydrogens is 394 g/mol. The Hall–Kier alpha value is -4.27. The maximum atomic E-state index is 12.9. The summed E-state index contributed by atoms with van der Waals surface area (Å²) in [5.74, 6) is -0.325. The number of pyridine rings is 2. The van der Waals surface area contributed by atoms with Crippen LogP contribution in [0.25, 0.3) is 22.6 Å². The second kappa shape index (κ2) is 8.62. The highest BCUT2D eigenvalue weighted by Gasteiger charge is 2.16. The molecule has 0 atom stereocenters. The molecule has 31 heavy (non-hydrogen) atoms. The molecule has 0 fully saturated rings. The number of Topliss-reactive ketones (excluding diaryl/α,β-unsaturated/α-hetero) is 1. The van der Waals surface area contributed by atoms with Gasteiger partial charge in [0.1, 0.15) is 22.9 Å². The van der Waals surface area contributed by atoms with Crippen molar-refractivity contribution < 1.29 is 9.59 Å². The molecule has 0 spiro atoms. The standard InChI is InChI=1S/C22H19N7O2/c1-14(30)10-16-7-6-15(11-25-16)17-4-3-5-18(26-17)22(31)27-20-13-29(2)28-21(20)19-12-23-8-9-24-19/h3-9,11-13H,10H2,1-2H3,(H,27,31). The number of nitrogens with zero attached hydrogens (tertiary/aromatic N) is 6. The van der Waals surface area contributed by atoms with E-state index in [0.29, 0.717) is 28.5 Å². The third kappa shape index (κ3) is 4.67. The number of amides is 1. The summed E-state index contributed by atoms with van der Waals surface area (Å²) in [4.78, 5) is 41.2. The highest BCUT2D eigenvalue weighted by Crippen LogP contribution is 2.24. The van der Waals surface area contributed by atoms with E-state index in [2.05, 4.69) is 30.4 Å². The van der Waals surface area contributed by atoms with Gasteiger partial charge in [0, 0.05) is 49.5 Å². The fraction of sp³-hybridized carbons (Fsp3) is 0.136. The third-order valence-electron chi connectivity index (χ3n) is 4.42. The van der Waals surface area contributed by atoms with Crippen LogP contribution in [0.5, 0.6) is 0 Å². The first-order chi connectivity index (χ1) is 15.0. The second-order valence-corrected chi connectivity index (χ2v) is 6.93. The number of aromatic nitrogens is 6. The van der Waals surface area contributed by atoms with Crippen LogP contribution in [0.1, 0.15) is 23.1 Å². The van der Waals surface area contributed by atoms with E-state index in [4.69, 9.17) is 0 Å². The predicted molar refractivity (Wildman–Crippen MR) is 114 cm³/mol. The third-order valence-corrected chi connectivity index (χ3v) is 4.42. The maximum absolute atomic E-state index is 12.9. The summed E-state index contributed by atoms with van der Waals surface area (Å²) in [7, 11) is 1.76. The van der Waals surface area contributed by atoms with Gasteiger partial charge in [0.15, 0.2) is 0 Å². The molecule has 0 aliphatic heterocycles. The largest absolute Gasteiger partial charge is 0.317 e. The molecule has 9 heteroatoms. The molecule has 0 saturated carbocycles. The van der Waals surface area contributed by atoms with Gasteiger partial charge >= 0.3 is 0 Å². The summed E-state index contributed by atoms with van der Waals surface area (Å²) in [6.45, 7) is 1.53. The van der Waals surface area contributed by atoms with E-state index in [9.17, 15) is 9.59 Å². The van der Waals surface area contributed by atoms with Crippen molar-refractivity contribution >= 4 is 17.4 Å². The van der Waals surface area contributed by atoms with E-state index >= 15 is 0 Å². The van der Waals surface area contributed by atoms with E-state index < -0.39 is 0 Å². The minimum absolute atomic E-state index is 0.0494. The molecule has 0 saturated heterocycles. The van der Waals surface area contributed by atoms with Gasteiger partial charge in [-0.3, -0.25) is 29.2 Å². The number of carbonyl (C=O) groups excluding carboxylic acids is 2. The highest BCUT2D eigenvalue weighted by atomic mass is 16.2. The molecule has 4 heterocycles. The molecule has 0 aliphatic carbocycles. The highest BCUT2D eigenvalue weighted by molar-refractivity contribution is 6.04. The van der Waals surface area contributed by atoms with Crippen molar-refractivity contribution in [3.05, 3.63) is 72.7 Å². The van der Waals surface area contributed by atoms with Gasteiger partial charge in [-0.25, -0.2) is 4.98 Å². The van der Waals surface area contributed by atoms with Gasteiger partial charge in [-0.2, -0.15) is 5.10 Å². The first-order valence-electron chi connectivity index (χ1n) is 9.53.